The summed E-state index contributed by atoms with van der Waals surface area (Å²) in [5.74, 6) is -0.326. The Morgan fingerprint density at radius 1 is 1.33 bits per heavy atom. The zero-order valence-electron chi connectivity index (χ0n) is 12.2. The number of nitrogens with one attached hydrogen (secondary N) is 1. The number of rotatable bonds is 3. The van der Waals surface area contributed by atoms with E-state index in [2.05, 4.69) is 9.71 Å². The van der Waals surface area contributed by atoms with Gasteiger partial charge in [0.1, 0.15) is 5.84 Å². The van der Waals surface area contributed by atoms with Gasteiger partial charge in [-0.25, -0.2) is 8.42 Å². The fraction of sp³-hybridized carbons (Fsp3) is 0.143. The summed E-state index contributed by atoms with van der Waals surface area (Å²) in [6.45, 7) is 0.207. The number of fused-ring (bicyclic) bond motifs is 1. The Kier molecular flexibility index (Phi) is 3.89. The number of carbonyl (C=O) groups is 1. The third kappa shape index (κ3) is 3.33. The molecule has 0 saturated heterocycles. The molecule has 1 N–H and O–H groups in total. The van der Waals surface area contributed by atoms with E-state index < -0.39 is 20.9 Å². The van der Waals surface area contributed by atoms with Crippen LogP contribution in [0.2, 0.25) is 0 Å². The molecule has 1 aromatic carbocycles. The van der Waals surface area contributed by atoms with E-state index >= 15 is 0 Å². The quantitative estimate of drug-likeness (QED) is 0.643. The SMILES string of the molecule is O=C(Nc1cccc([N+](=O)[O-])c1)C1=CN2CCS(=O)(=O)N=C2C=C1. The lowest BCUT2D eigenvalue weighted by atomic mass is 10.1. The molecule has 0 spiro atoms. The number of amides is 1. The number of benzene rings is 1. The highest BCUT2D eigenvalue weighted by Crippen LogP contribution is 2.20. The van der Waals surface area contributed by atoms with E-state index in [4.69, 9.17) is 0 Å². The van der Waals surface area contributed by atoms with Crippen LogP contribution in [0.25, 0.3) is 0 Å². The largest absolute Gasteiger partial charge is 0.330 e. The molecule has 2 aliphatic heterocycles. The second-order valence-corrected chi connectivity index (χ2v) is 6.86. The molecule has 24 heavy (non-hydrogen) atoms. The van der Waals surface area contributed by atoms with E-state index in [0.29, 0.717) is 11.3 Å². The van der Waals surface area contributed by atoms with Gasteiger partial charge in [0.25, 0.3) is 21.6 Å². The van der Waals surface area contributed by atoms with E-state index in [-0.39, 0.29) is 23.8 Å². The smallest absolute Gasteiger partial charge is 0.271 e. The zero-order valence-corrected chi connectivity index (χ0v) is 13.1. The lowest BCUT2D eigenvalue weighted by Crippen LogP contribution is -2.37. The molecule has 0 bridgehead atoms. The Hall–Kier alpha value is -3.01. The van der Waals surface area contributed by atoms with Crippen LogP contribution in [0.15, 0.2) is 52.6 Å². The Morgan fingerprint density at radius 2 is 2.12 bits per heavy atom. The van der Waals surface area contributed by atoms with Gasteiger partial charge in [0.05, 0.1) is 16.2 Å². The fourth-order valence-corrected chi connectivity index (χ4v) is 3.21. The van der Waals surface area contributed by atoms with Crippen LogP contribution in [-0.4, -0.2) is 42.3 Å². The number of nitro benzene ring substituents is 1. The summed E-state index contributed by atoms with van der Waals surface area (Å²) in [5, 5.41) is 13.3. The van der Waals surface area contributed by atoms with Gasteiger partial charge in [0.15, 0.2) is 0 Å². The maximum absolute atomic E-state index is 12.3. The van der Waals surface area contributed by atoms with E-state index in [0.717, 1.165) is 0 Å². The second kappa shape index (κ2) is 5.89. The Labute approximate surface area is 137 Å². The summed E-state index contributed by atoms with van der Waals surface area (Å²) in [7, 11) is -3.45. The van der Waals surface area contributed by atoms with Crippen molar-refractivity contribution in [1.29, 1.82) is 0 Å². The standard InChI is InChI=1S/C14H12N4O5S/c19-14(15-11-2-1-3-12(8-11)18(20)21)10-4-5-13-16-24(22,23)7-6-17(13)9-10/h1-5,8-9H,6-7H2,(H,15,19). The monoisotopic (exact) mass is 348 g/mol. The number of amidine groups is 1. The summed E-state index contributed by atoms with van der Waals surface area (Å²) in [6.07, 6.45) is 4.39. The number of sulfonamides is 1. The lowest BCUT2D eigenvalue weighted by molar-refractivity contribution is -0.384. The van der Waals surface area contributed by atoms with Gasteiger partial charge in [-0.1, -0.05) is 6.07 Å². The van der Waals surface area contributed by atoms with Crippen LogP contribution in [0.4, 0.5) is 11.4 Å². The van der Waals surface area contributed by atoms with Crippen molar-refractivity contribution in [3.05, 3.63) is 58.3 Å². The van der Waals surface area contributed by atoms with Crippen molar-refractivity contribution in [3.8, 4) is 0 Å². The summed E-state index contributed by atoms with van der Waals surface area (Å²) < 4.78 is 26.5. The van der Waals surface area contributed by atoms with Crippen molar-refractivity contribution in [2.75, 3.05) is 17.6 Å². The normalized spacial score (nSPS) is 18.2. The minimum atomic E-state index is -3.45. The van der Waals surface area contributed by atoms with Crippen LogP contribution >= 0.6 is 0 Å². The molecule has 1 aromatic rings. The summed E-state index contributed by atoms with van der Waals surface area (Å²) >= 11 is 0. The van der Waals surface area contributed by atoms with Gasteiger partial charge in [0.2, 0.25) is 0 Å². The van der Waals surface area contributed by atoms with Gasteiger partial charge >= 0.3 is 0 Å². The van der Waals surface area contributed by atoms with Crippen molar-refractivity contribution < 1.29 is 18.1 Å². The molecule has 1 amide bonds. The number of carbonyl (C=O) groups excluding carboxylic acids is 1. The number of anilines is 1. The predicted octanol–water partition coefficient (Wildman–Crippen LogP) is 1.03. The molecular formula is C14H12N4O5S. The van der Waals surface area contributed by atoms with Crippen molar-refractivity contribution in [3.63, 3.8) is 0 Å². The fourth-order valence-electron chi connectivity index (χ4n) is 2.24. The van der Waals surface area contributed by atoms with Crippen LogP contribution in [-0.2, 0) is 14.8 Å². The summed E-state index contributed by atoms with van der Waals surface area (Å²) in [4.78, 5) is 24.0. The third-order valence-electron chi connectivity index (χ3n) is 3.40. The molecule has 0 unspecified atom stereocenters. The molecule has 0 atom stereocenters. The number of non-ortho nitro benzene ring substituents is 1. The topological polar surface area (TPSA) is 122 Å². The van der Waals surface area contributed by atoms with Crippen LogP contribution in [0, 0.1) is 10.1 Å². The van der Waals surface area contributed by atoms with Crippen LogP contribution < -0.4 is 5.32 Å². The molecular weight excluding hydrogens is 336 g/mol. The maximum atomic E-state index is 12.3. The first kappa shape index (κ1) is 15.9. The van der Waals surface area contributed by atoms with Crippen molar-refractivity contribution in [2.24, 2.45) is 4.40 Å². The highest BCUT2D eigenvalue weighted by molar-refractivity contribution is 7.90. The first-order valence-corrected chi connectivity index (χ1v) is 8.50. The van der Waals surface area contributed by atoms with Gasteiger partial charge in [0, 0.05) is 30.6 Å². The average Bonchev–Trinajstić information content (AvgIpc) is 2.53. The molecule has 0 radical (unpaired) electrons. The van der Waals surface area contributed by atoms with Crippen LogP contribution in [0.5, 0.6) is 0 Å². The Morgan fingerprint density at radius 3 is 2.88 bits per heavy atom. The van der Waals surface area contributed by atoms with E-state index in [1.807, 2.05) is 0 Å². The molecule has 3 rings (SSSR count). The lowest BCUT2D eigenvalue weighted by Gasteiger charge is -2.26. The first-order chi connectivity index (χ1) is 11.3. The summed E-state index contributed by atoms with van der Waals surface area (Å²) in [5.41, 5.74) is 0.459. The summed E-state index contributed by atoms with van der Waals surface area (Å²) in [6, 6.07) is 5.59. The number of hydrogen-bond acceptors (Lipinski definition) is 6. The van der Waals surface area contributed by atoms with Crippen molar-refractivity contribution >= 4 is 33.1 Å². The Bertz CT molecular complexity index is 917. The number of nitro groups is 1. The number of nitrogens with zero attached hydrogens (tertiary/aromatic N) is 3. The molecule has 0 aliphatic carbocycles. The van der Waals surface area contributed by atoms with Crippen molar-refractivity contribution in [2.45, 2.75) is 0 Å². The maximum Gasteiger partial charge on any atom is 0.271 e. The predicted molar refractivity (Wildman–Crippen MR) is 86.9 cm³/mol. The first-order valence-electron chi connectivity index (χ1n) is 6.89. The third-order valence-corrected chi connectivity index (χ3v) is 4.56. The van der Waals surface area contributed by atoms with Crippen LogP contribution in [0.1, 0.15) is 0 Å². The van der Waals surface area contributed by atoms with Gasteiger partial charge in [-0.05, 0) is 18.2 Å². The van der Waals surface area contributed by atoms with Gasteiger partial charge < -0.3 is 10.2 Å². The highest BCUT2D eigenvalue weighted by atomic mass is 32.2. The zero-order chi connectivity index (χ0) is 17.3. The molecule has 9 nitrogen and oxygen atoms in total. The molecule has 0 aromatic heterocycles. The van der Waals surface area contributed by atoms with E-state index in [9.17, 15) is 23.3 Å². The molecule has 10 heteroatoms. The van der Waals surface area contributed by atoms with E-state index in [1.165, 1.54) is 36.6 Å². The molecule has 0 fully saturated rings. The van der Waals surface area contributed by atoms with Crippen LogP contribution in [0.3, 0.4) is 0 Å². The van der Waals surface area contributed by atoms with Gasteiger partial charge in [-0.15, -0.1) is 4.40 Å². The second-order valence-electron chi connectivity index (χ2n) is 5.11. The minimum absolute atomic E-state index is 0.124. The molecule has 2 heterocycles. The Balaban J connectivity index is 1.78. The molecule has 2 aliphatic rings. The highest BCUT2D eigenvalue weighted by Gasteiger charge is 2.25. The average molecular weight is 348 g/mol. The molecule has 0 saturated carbocycles. The number of hydrogen-bond donors (Lipinski definition) is 1. The van der Waals surface area contributed by atoms with E-state index in [1.54, 1.807) is 11.0 Å². The van der Waals surface area contributed by atoms with Gasteiger partial charge in [-0.2, -0.15) is 0 Å². The minimum Gasteiger partial charge on any atom is -0.330 e. The van der Waals surface area contributed by atoms with Gasteiger partial charge in [-0.3, -0.25) is 14.9 Å². The molecule has 124 valence electrons. The van der Waals surface area contributed by atoms with Crippen molar-refractivity contribution in [1.82, 2.24) is 4.90 Å².